The van der Waals surface area contributed by atoms with Gasteiger partial charge in [-0.2, -0.15) is 0 Å². The fraction of sp³-hybridized carbons (Fsp3) is 0.296. The fourth-order valence-corrected chi connectivity index (χ4v) is 5.44. The molecule has 0 saturated heterocycles. The van der Waals surface area contributed by atoms with Crippen molar-refractivity contribution in [2.75, 3.05) is 10.8 Å². The van der Waals surface area contributed by atoms with Gasteiger partial charge in [0.25, 0.3) is 10.0 Å². The maximum absolute atomic E-state index is 13.7. The normalized spacial score (nSPS) is 12.4. The summed E-state index contributed by atoms with van der Waals surface area (Å²) in [6.07, 6.45) is 0.733. The molecule has 0 spiro atoms. The summed E-state index contributed by atoms with van der Waals surface area (Å²) >= 11 is 6.21. The fourth-order valence-electron chi connectivity index (χ4n) is 3.79. The third-order valence-electron chi connectivity index (χ3n) is 5.58. The van der Waals surface area contributed by atoms with Crippen LogP contribution in [0, 0.1) is 19.8 Å². The maximum Gasteiger partial charge on any atom is 0.264 e. The van der Waals surface area contributed by atoms with Gasteiger partial charge < -0.3 is 5.32 Å². The van der Waals surface area contributed by atoms with Gasteiger partial charge in [0.05, 0.1) is 16.6 Å². The van der Waals surface area contributed by atoms with Crippen molar-refractivity contribution in [3.05, 3.63) is 94.5 Å². The minimum absolute atomic E-state index is 0.118. The predicted octanol–water partition coefficient (Wildman–Crippen LogP) is 6.06. The van der Waals surface area contributed by atoms with E-state index >= 15 is 0 Å². The second kappa shape index (κ2) is 11.1. The molecule has 0 aliphatic rings. The predicted molar refractivity (Wildman–Crippen MR) is 139 cm³/mol. The Bertz CT molecular complexity index is 1230. The molecule has 34 heavy (non-hydrogen) atoms. The summed E-state index contributed by atoms with van der Waals surface area (Å²) in [5.74, 6) is -0.0439. The van der Waals surface area contributed by atoms with Gasteiger partial charge in [0.1, 0.15) is 6.54 Å². The molecule has 0 fully saturated rings. The highest BCUT2D eigenvalue weighted by molar-refractivity contribution is 7.92. The zero-order valence-corrected chi connectivity index (χ0v) is 21.5. The Morgan fingerprint density at radius 2 is 1.62 bits per heavy atom. The Kier molecular flexibility index (Phi) is 8.39. The topological polar surface area (TPSA) is 66.5 Å². The zero-order valence-electron chi connectivity index (χ0n) is 20.0. The lowest BCUT2D eigenvalue weighted by Gasteiger charge is -2.27. The number of nitrogens with zero attached hydrogens (tertiary/aromatic N) is 1. The number of carbonyl (C=O) groups is 1. The Hall–Kier alpha value is -2.83. The van der Waals surface area contributed by atoms with Gasteiger partial charge in [-0.25, -0.2) is 8.42 Å². The average Bonchev–Trinajstić information content (AvgIpc) is 2.79. The molecule has 0 aliphatic carbocycles. The van der Waals surface area contributed by atoms with Crippen LogP contribution in [-0.2, 0) is 14.8 Å². The Morgan fingerprint density at radius 1 is 0.971 bits per heavy atom. The highest BCUT2D eigenvalue weighted by Crippen LogP contribution is 2.30. The van der Waals surface area contributed by atoms with Crippen molar-refractivity contribution in [3.63, 3.8) is 0 Å². The third-order valence-corrected chi connectivity index (χ3v) is 7.59. The Labute approximate surface area is 207 Å². The number of halogens is 1. The van der Waals surface area contributed by atoms with E-state index in [4.69, 9.17) is 11.6 Å². The number of carbonyl (C=O) groups excluding carboxylic acids is 1. The van der Waals surface area contributed by atoms with Crippen molar-refractivity contribution in [2.45, 2.75) is 45.1 Å². The van der Waals surface area contributed by atoms with Crippen molar-refractivity contribution in [1.29, 1.82) is 0 Å². The summed E-state index contributed by atoms with van der Waals surface area (Å²) in [5.41, 5.74) is 3.01. The minimum Gasteiger partial charge on any atom is -0.348 e. The number of nitrogens with one attached hydrogen (secondary N) is 1. The monoisotopic (exact) mass is 498 g/mol. The van der Waals surface area contributed by atoms with Crippen LogP contribution < -0.4 is 9.62 Å². The Morgan fingerprint density at radius 3 is 2.24 bits per heavy atom. The molecule has 1 amide bonds. The van der Waals surface area contributed by atoms with Crippen LogP contribution in [-0.4, -0.2) is 20.9 Å². The molecule has 1 atom stereocenters. The van der Waals surface area contributed by atoms with Crippen LogP contribution in [0.15, 0.2) is 77.7 Å². The Balaban J connectivity index is 1.97. The quantitative estimate of drug-likeness (QED) is 0.390. The number of sulfonamides is 1. The van der Waals surface area contributed by atoms with Crippen LogP contribution in [0.1, 0.15) is 43.0 Å². The number of benzene rings is 3. The van der Waals surface area contributed by atoms with Gasteiger partial charge in [0.15, 0.2) is 0 Å². The summed E-state index contributed by atoms with van der Waals surface area (Å²) < 4.78 is 28.5. The standard InChI is InChI=1S/C27H31ClN2O3S/c1-19(2)16-25(22-8-6-5-7-9-22)29-27(31)18-30(26-17-23(28)13-12-21(26)4)34(32,33)24-14-10-20(3)11-15-24/h5-15,17,19,25H,16,18H2,1-4H3,(H,29,31)/t25-/m0/s1. The van der Waals surface area contributed by atoms with Gasteiger partial charge in [0.2, 0.25) is 5.91 Å². The molecule has 3 rings (SSSR count). The molecule has 5 nitrogen and oxygen atoms in total. The number of aryl methyl sites for hydroxylation is 2. The van der Waals surface area contributed by atoms with Crippen molar-refractivity contribution in [1.82, 2.24) is 5.32 Å². The number of hydrogen-bond donors (Lipinski definition) is 1. The van der Waals surface area contributed by atoms with Crippen molar-refractivity contribution >= 4 is 33.2 Å². The maximum atomic E-state index is 13.7. The van der Waals surface area contributed by atoms with Crippen molar-refractivity contribution in [2.24, 2.45) is 5.92 Å². The number of hydrogen-bond acceptors (Lipinski definition) is 3. The number of rotatable bonds is 9. The van der Waals surface area contributed by atoms with Crippen LogP contribution in [0.25, 0.3) is 0 Å². The molecule has 7 heteroatoms. The number of amides is 1. The van der Waals surface area contributed by atoms with Gasteiger partial charge in [-0.3, -0.25) is 9.10 Å². The molecule has 3 aromatic carbocycles. The average molecular weight is 499 g/mol. The van der Waals surface area contributed by atoms with Crippen molar-refractivity contribution < 1.29 is 13.2 Å². The SMILES string of the molecule is Cc1ccc(S(=O)(=O)N(CC(=O)N[C@@H](CC(C)C)c2ccccc2)c2cc(Cl)ccc2C)cc1. The van der Waals surface area contributed by atoms with Gasteiger partial charge in [0, 0.05) is 5.02 Å². The number of anilines is 1. The summed E-state index contributed by atoms with van der Waals surface area (Å²) in [4.78, 5) is 13.4. The lowest BCUT2D eigenvalue weighted by molar-refractivity contribution is -0.120. The van der Waals surface area contributed by atoms with E-state index in [1.807, 2.05) is 37.3 Å². The van der Waals surface area contributed by atoms with Crippen LogP contribution in [0.4, 0.5) is 5.69 Å². The molecule has 0 bridgehead atoms. The van der Waals surface area contributed by atoms with Gasteiger partial charge in [-0.1, -0.05) is 79.5 Å². The lowest BCUT2D eigenvalue weighted by atomic mass is 9.97. The molecule has 3 aromatic rings. The third kappa shape index (κ3) is 6.39. The first kappa shape index (κ1) is 25.8. The first-order chi connectivity index (χ1) is 16.1. The second-order valence-corrected chi connectivity index (χ2v) is 11.2. The molecule has 0 unspecified atom stereocenters. The molecule has 0 aliphatic heterocycles. The van der Waals surface area contributed by atoms with E-state index in [9.17, 15) is 13.2 Å². The summed E-state index contributed by atoms with van der Waals surface area (Å²) in [5, 5.41) is 3.45. The van der Waals surface area contributed by atoms with Gasteiger partial charge >= 0.3 is 0 Å². The van der Waals surface area contributed by atoms with Crippen LogP contribution in [0.3, 0.4) is 0 Å². The van der Waals surface area contributed by atoms with Gasteiger partial charge in [-0.05, 0) is 61.6 Å². The van der Waals surface area contributed by atoms with E-state index in [0.29, 0.717) is 22.2 Å². The highest BCUT2D eigenvalue weighted by atomic mass is 35.5. The van der Waals surface area contributed by atoms with Crippen LogP contribution >= 0.6 is 11.6 Å². The summed E-state index contributed by atoms with van der Waals surface area (Å²) in [6, 6.07) is 21.1. The van der Waals surface area contributed by atoms with E-state index in [-0.39, 0.29) is 23.4 Å². The molecule has 1 N–H and O–H groups in total. The van der Waals surface area contributed by atoms with Crippen LogP contribution in [0.2, 0.25) is 5.02 Å². The molecule has 180 valence electrons. The minimum atomic E-state index is -4.01. The van der Waals surface area contributed by atoms with E-state index in [2.05, 4.69) is 19.2 Å². The largest absolute Gasteiger partial charge is 0.348 e. The first-order valence-corrected chi connectivity index (χ1v) is 13.1. The first-order valence-electron chi connectivity index (χ1n) is 11.3. The van der Waals surface area contributed by atoms with E-state index in [1.165, 1.54) is 0 Å². The molecular formula is C27H31ClN2O3S. The molecule has 0 aromatic heterocycles. The molecule has 0 heterocycles. The van der Waals surface area contributed by atoms with E-state index in [0.717, 1.165) is 21.9 Å². The molecule has 0 saturated carbocycles. The van der Waals surface area contributed by atoms with E-state index < -0.39 is 10.0 Å². The van der Waals surface area contributed by atoms with E-state index in [1.54, 1.807) is 49.4 Å². The zero-order chi connectivity index (χ0) is 24.9. The summed E-state index contributed by atoms with van der Waals surface area (Å²) in [6.45, 7) is 7.50. The molecular weight excluding hydrogens is 468 g/mol. The van der Waals surface area contributed by atoms with Crippen LogP contribution in [0.5, 0.6) is 0 Å². The summed E-state index contributed by atoms with van der Waals surface area (Å²) in [7, 11) is -4.01. The van der Waals surface area contributed by atoms with Crippen molar-refractivity contribution in [3.8, 4) is 0 Å². The highest BCUT2D eigenvalue weighted by Gasteiger charge is 2.29. The second-order valence-electron chi connectivity index (χ2n) is 8.92. The van der Waals surface area contributed by atoms with Gasteiger partial charge in [-0.15, -0.1) is 0 Å². The smallest absolute Gasteiger partial charge is 0.264 e. The molecule has 0 radical (unpaired) electrons. The lowest BCUT2D eigenvalue weighted by Crippen LogP contribution is -2.42.